The third-order valence-corrected chi connectivity index (χ3v) is 3.73. The van der Waals surface area contributed by atoms with Gasteiger partial charge in [-0.2, -0.15) is 0 Å². The predicted molar refractivity (Wildman–Crippen MR) is 74.1 cm³/mol. The lowest BCUT2D eigenvalue weighted by Gasteiger charge is -2.22. The van der Waals surface area contributed by atoms with E-state index in [1.165, 1.54) is 25.3 Å². The molecule has 1 N–H and O–H groups in total. The van der Waals surface area contributed by atoms with Crippen molar-refractivity contribution in [2.45, 2.75) is 51.9 Å². The minimum Gasteiger partial charge on any atom is -0.396 e. The van der Waals surface area contributed by atoms with E-state index in [1.807, 2.05) is 6.07 Å². The Labute approximate surface area is 110 Å². The summed E-state index contributed by atoms with van der Waals surface area (Å²) in [5, 5.41) is 9.51. The molecule has 0 heterocycles. The van der Waals surface area contributed by atoms with Gasteiger partial charge in [-0.25, -0.2) is 4.39 Å². The van der Waals surface area contributed by atoms with Gasteiger partial charge in [-0.05, 0) is 24.0 Å². The van der Waals surface area contributed by atoms with E-state index < -0.39 is 0 Å². The van der Waals surface area contributed by atoms with Gasteiger partial charge in [0.15, 0.2) is 0 Å². The maximum atomic E-state index is 13.7. The van der Waals surface area contributed by atoms with Crippen LogP contribution in [0.5, 0.6) is 0 Å². The second-order valence-corrected chi connectivity index (χ2v) is 5.05. The average Bonchev–Trinajstić information content (AvgIpc) is 2.40. The van der Waals surface area contributed by atoms with Crippen LogP contribution in [0.15, 0.2) is 24.3 Å². The second-order valence-electron chi connectivity index (χ2n) is 5.05. The second kappa shape index (κ2) is 8.25. The van der Waals surface area contributed by atoms with Gasteiger partial charge in [0.1, 0.15) is 5.82 Å². The van der Waals surface area contributed by atoms with E-state index >= 15 is 0 Å². The standard InChI is InChI=1S/C16H25FO/c1-3-5-8-13(4-2)11-14(12-18)15-9-6-7-10-16(15)17/h6-7,9-10,13-14,18H,3-5,8,11-12H2,1-2H3. The van der Waals surface area contributed by atoms with Crippen LogP contribution >= 0.6 is 0 Å². The van der Waals surface area contributed by atoms with E-state index in [0.717, 1.165) is 12.8 Å². The van der Waals surface area contributed by atoms with E-state index in [-0.39, 0.29) is 18.3 Å². The fraction of sp³-hybridized carbons (Fsp3) is 0.625. The molecule has 1 rings (SSSR count). The zero-order valence-corrected chi connectivity index (χ0v) is 11.5. The first-order chi connectivity index (χ1) is 8.72. The summed E-state index contributed by atoms with van der Waals surface area (Å²) in [6.07, 6.45) is 5.57. The molecule has 0 fully saturated rings. The van der Waals surface area contributed by atoms with E-state index in [0.29, 0.717) is 11.5 Å². The third-order valence-electron chi connectivity index (χ3n) is 3.73. The highest BCUT2D eigenvalue weighted by atomic mass is 19.1. The fourth-order valence-corrected chi connectivity index (χ4v) is 2.49. The van der Waals surface area contributed by atoms with Crippen LogP contribution in [0.2, 0.25) is 0 Å². The smallest absolute Gasteiger partial charge is 0.126 e. The van der Waals surface area contributed by atoms with E-state index in [4.69, 9.17) is 0 Å². The van der Waals surface area contributed by atoms with E-state index in [1.54, 1.807) is 12.1 Å². The Morgan fingerprint density at radius 2 is 1.94 bits per heavy atom. The van der Waals surface area contributed by atoms with Crippen molar-refractivity contribution < 1.29 is 9.50 Å². The highest BCUT2D eigenvalue weighted by molar-refractivity contribution is 5.21. The summed E-state index contributed by atoms with van der Waals surface area (Å²) in [6.45, 7) is 4.40. The number of rotatable bonds is 8. The van der Waals surface area contributed by atoms with Crippen LogP contribution in [0.3, 0.4) is 0 Å². The van der Waals surface area contributed by atoms with Gasteiger partial charge in [-0.3, -0.25) is 0 Å². The number of halogens is 1. The van der Waals surface area contributed by atoms with Crippen molar-refractivity contribution in [3.8, 4) is 0 Å². The molecular formula is C16H25FO. The normalized spacial score (nSPS) is 14.4. The molecule has 0 radical (unpaired) electrons. The highest BCUT2D eigenvalue weighted by Gasteiger charge is 2.18. The third kappa shape index (κ3) is 4.41. The molecule has 1 aromatic rings. The lowest BCUT2D eigenvalue weighted by molar-refractivity contribution is 0.235. The molecular weight excluding hydrogens is 227 g/mol. The molecule has 102 valence electrons. The van der Waals surface area contributed by atoms with Crippen molar-refractivity contribution in [2.75, 3.05) is 6.61 Å². The zero-order valence-electron chi connectivity index (χ0n) is 11.5. The van der Waals surface area contributed by atoms with Crippen molar-refractivity contribution in [2.24, 2.45) is 5.92 Å². The van der Waals surface area contributed by atoms with Crippen LogP contribution in [-0.2, 0) is 0 Å². The van der Waals surface area contributed by atoms with Gasteiger partial charge in [-0.15, -0.1) is 0 Å². The number of aliphatic hydroxyl groups is 1. The summed E-state index contributed by atoms with van der Waals surface area (Å²) in [5.74, 6) is 0.330. The Kier molecular flexibility index (Phi) is 6.96. The molecule has 2 heteroatoms. The molecule has 0 aliphatic carbocycles. The Morgan fingerprint density at radius 3 is 2.50 bits per heavy atom. The summed E-state index contributed by atoms with van der Waals surface area (Å²) < 4.78 is 13.7. The first kappa shape index (κ1) is 15.2. The van der Waals surface area contributed by atoms with E-state index in [2.05, 4.69) is 13.8 Å². The summed E-state index contributed by atoms with van der Waals surface area (Å²) >= 11 is 0. The molecule has 0 amide bonds. The largest absolute Gasteiger partial charge is 0.396 e. The minimum absolute atomic E-state index is 0.0313. The molecule has 0 spiro atoms. The molecule has 1 nitrogen and oxygen atoms in total. The number of benzene rings is 1. The van der Waals surface area contributed by atoms with Crippen LogP contribution in [0.25, 0.3) is 0 Å². The lowest BCUT2D eigenvalue weighted by atomic mass is 9.85. The summed E-state index contributed by atoms with van der Waals surface area (Å²) in [7, 11) is 0. The molecule has 18 heavy (non-hydrogen) atoms. The fourth-order valence-electron chi connectivity index (χ4n) is 2.49. The minimum atomic E-state index is -0.193. The molecule has 2 atom stereocenters. The van der Waals surface area contributed by atoms with Crippen LogP contribution in [0.1, 0.15) is 57.4 Å². The monoisotopic (exact) mass is 252 g/mol. The van der Waals surface area contributed by atoms with Crippen molar-refractivity contribution in [1.82, 2.24) is 0 Å². The van der Waals surface area contributed by atoms with E-state index in [9.17, 15) is 9.50 Å². The summed E-state index contributed by atoms with van der Waals surface area (Å²) in [4.78, 5) is 0. The first-order valence-electron chi connectivity index (χ1n) is 7.08. The predicted octanol–water partition coefficient (Wildman–Crippen LogP) is 4.51. The molecule has 1 aromatic carbocycles. The number of unbranched alkanes of at least 4 members (excludes halogenated alkanes) is 1. The van der Waals surface area contributed by atoms with Gasteiger partial charge in [0.2, 0.25) is 0 Å². The molecule has 0 saturated carbocycles. The number of hydrogen-bond donors (Lipinski definition) is 1. The van der Waals surface area contributed by atoms with Crippen LogP contribution in [0.4, 0.5) is 4.39 Å². The van der Waals surface area contributed by atoms with Gasteiger partial charge >= 0.3 is 0 Å². The van der Waals surface area contributed by atoms with Crippen molar-refractivity contribution in [3.63, 3.8) is 0 Å². The highest BCUT2D eigenvalue weighted by Crippen LogP contribution is 2.29. The zero-order chi connectivity index (χ0) is 13.4. The topological polar surface area (TPSA) is 20.2 Å². The van der Waals surface area contributed by atoms with Crippen molar-refractivity contribution in [1.29, 1.82) is 0 Å². The Morgan fingerprint density at radius 1 is 1.22 bits per heavy atom. The average molecular weight is 252 g/mol. The maximum Gasteiger partial charge on any atom is 0.126 e. The molecule has 0 saturated heterocycles. The van der Waals surface area contributed by atoms with Crippen molar-refractivity contribution >= 4 is 0 Å². The summed E-state index contributed by atoms with van der Waals surface area (Å²) in [5.41, 5.74) is 0.662. The lowest BCUT2D eigenvalue weighted by Crippen LogP contribution is -2.12. The molecule has 0 aliphatic heterocycles. The Bertz CT molecular complexity index is 338. The first-order valence-corrected chi connectivity index (χ1v) is 7.08. The molecule has 2 unspecified atom stereocenters. The quantitative estimate of drug-likeness (QED) is 0.721. The van der Waals surface area contributed by atoms with Gasteiger partial charge < -0.3 is 5.11 Å². The SMILES string of the molecule is CCCCC(CC)CC(CO)c1ccccc1F. The van der Waals surface area contributed by atoms with Gasteiger partial charge in [0, 0.05) is 5.92 Å². The summed E-state index contributed by atoms with van der Waals surface area (Å²) in [6, 6.07) is 6.81. The molecule has 0 aromatic heterocycles. The Hall–Kier alpha value is -0.890. The maximum absolute atomic E-state index is 13.7. The molecule has 0 aliphatic rings. The Balaban J connectivity index is 2.68. The van der Waals surface area contributed by atoms with Crippen LogP contribution in [-0.4, -0.2) is 11.7 Å². The number of hydrogen-bond acceptors (Lipinski definition) is 1. The van der Waals surface area contributed by atoms with Crippen molar-refractivity contribution in [3.05, 3.63) is 35.6 Å². The van der Waals surface area contributed by atoms with Gasteiger partial charge in [0.05, 0.1) is 6.61 Å². The van der Waals surface area contributed by atoms with Crippen LogP contribution in [0, 0.1) is 11.7 Å². The van der Waals surface area contributed by atoms with Gasteiger partial charge in [0.25, 0.3) is 0 Å². The van der Waals surface area contributed by atoms with Gasteiger partial charge in [-0.1, -0.05) is 57.7 Å². The molecule has 0 bridgehead atoms. The van der Waals surface area contributed by atoms with Crippen LogP contribution < -0.4 is 0 Å². The number of aliphatic hydroxyl groups excluding tert-OH is 1.